The minimum Gasteiger partial charge on any atom is -0.497 e. The molecule has 23 heavy (non-hydrogen) atoms. The fourth-order valence-electron chi connectivity index (χ4n) is 2.23. The van der Waals surface area contributed by atoms with Crippen molar-refractivity contribution in [3.05, 3.63) is 42.0 Å². The van der Waals surface area contributed by atoms with Gasteiger partial charge in [0.25, 0.3) is 5.91 Å². The summed E-state index contributed by atoms with van der Waals surface area (Å²) in [6, 6.07) is 9.96. The molecular formula is C16H14N2O5. The number of rotatable bonds is 4. The van der Waals surface area contributed by atoms with Crippen LogP contribution in [0.25, 0.3) is 22.6 Å². The fourth-order valence-corrected chi connectivity index (χ4v) is 2.23. The van der Waals surface area contributed by atoms with E-state index in [1.54, 1.807) is 44.0 Å². The van der Waals surface area contributed by atoms with E-state index in [9.17, 15) is 4.79 Å². The van der Waals surface area contributed by atoms with Crippen molar-refractivity contribution in [2.45, 2.75) is 0 Å². The molecule has 0 saturated carbocycles. The molecular weight excluding hydrogens is 300 g/mol. The largest absolute Gasteiger partial charge is 0.497 e. The minimum atomic E-state index is -0.615. The topological polar surface area (TPSA) is 93.8 Å². The summed E-state index contributed by atoms with van der Waals surface area (Å²) in [4.78, 5) is 15.8. The van der Waals surface area contributed by atoms with Gasteiger partial charge in [0, 0.05) is 5.56 Å². The smallest absolute Gasteiger partial charge is 0.274 e. The van der Waals surface area contributed by atoms with E-state index >= 15 is 0 Å². The van der Waals surface area contributed by atoms with Crippen LogP contribution in [0.4, 0.5) is 0 Å². The van der Waals surface area contributed by atoms with Crippen molar-refractivity contribution in [3.8, 4) is 23.0 Å². The predicted molar refractivity (Wildman–Crippen MR) is 81.8 cm³/mol. The number of benzene rings is 2. The lowest BCUT2D eigenvalue weighted by molar-refractivity contribution is 0.0706. The number of amides is 1. The highest BCUT2D eigenvalue weighted by atomic mass is 16.5. The minimum absolute atomic E-state index is 0.275. The lowest BCUT2D eigenvalue weighted by atomic mass is 10.2. The summed E-state index contributed by atoms with van der Waals surface area (Å²) < 4.78 is 16.3. The second kappa shape index (κ2) is 5.98. The summed E-state index contributed by atoms with van der Waals surface area (Å²) in [7, 11) is 3.12. The van der Waals surface area contributed by atoms with Crippen molar-refractivity contribution in [1.29, 1.82) is 0 Å². The van der Waals surface area contributed by atoms with Crippen LogP contribution in [-0.2, 0) is 0 Å². The zero-order valence-electron chi connectivity index (χ0n) is 12.5. The standard InChI is InChI=1S/C16H14N2O5/c1-21-10-4-6-13(22-2)11(8-10)16-17-12-7-9(15(19)18-20)3-5-14(12)23-16/h3-8,20H,1-2H3,(H,18,19). The second-order valence-electron chi connectivity index (χ2n) is 4.71. The highest BCUT2D eigenvalue weighted by Crippen LogP contribution is 2.34. The zero-order valence-corrected chi connectivity index (χ0v) is 12.5. The van der Waals surface area contributed by atoms with Gasteiger partial charge in [-0.2, -0.15) is 0 Å². The van der Waals surface area contributed by atoms with Gasteiger partial charge in [-0.3, -0.25) is 10.0 Å². The molecule has 0 fully saturated rings. The van der Waals surface area contributed by atoms with Gasteiger partial charge >= 0.3 is 0 Å². The lowest BCUT2D eigenvalue weighted by Crippen LogP contribution is -2.18. The van der Waals surface area contributed by atoms with Crippen LogP contribution >= 0.6 is 0 Å². The Bertz CT molecular complexity index is 872. The van der Waals surface area contributed by atoms with Crippen LogP contribution in [-0.4, -0.2) is 30.3 Å². The molecule has 0 spiro atoms. The first-order valence-corrected chi connectivity index (χ1v) is 6.73. The number of hydrogen-bond acceptors (Lipinski definition) is 6. The number of carbonyl (C=O) groups excluding carboxylic acids is 1. The van der Waals surface area contributed by atoms with Gasteiger partial charge in [-0.25, -0.2) is 10.5 Å². The number of nitrogens with one attached hydrogen (secondary N) is 1. The Labute approximate surface area is 131 Å². The van der Waals surface area contributed by atoms with Gasteiger partial charge in [0.1, 0.15) is 17.0 Å². The maximum atomic E-state index is 11.5. The lowest BCUT2D eigenvalue weighted by Gasteiger charge is -2.07. The van der Waals surface area contributed by atoms with Crippen LogP contribution in [0.15, 0.2) is 40.8 Å². The normalized spacial score (nSPS) is 10.6. The SMILES string of the molecule is COc1ccc(OC)c(-c2nc3cc(C(=O)NO)ccc3o2)c1. The van der Waals surface area contributed by atoms with E-state index in [-0.39, 0.29) is 5.56 Å². The summed E-state index contributed by atoms with van der Waals surface area (Å²) in [5.41, 5.74) is 3.50. The van der Waals surface area contributed by atoms with E-state index in [4.69, 9.17) is 19.1 Å². The Morgan fingerprint density at radius 2 is 2.00 bits per heavy atom. The third-order valence-electron chi connectivity index (χ3n) is 3.39. The molecule has 0 atom stereocenters. The molecule has 0 aliphatic heterocycles. The predicted octanol–water partition coefficient (Wildman–Crippen LogP) is 2.63. The molecule has 0 unspecified atom stereocenters. The zero-order chi connectivity index (χ0) is 16.4. The van der Waals surface area contributed by atoms with Gasteiger partial charge in [0.2, 0.25) is 5.89 Å². The number of fused-ring (bicyclic) bond motifs is 1. The van der Waals surface area contributed by atoms with Crippen molar-refractivity contribution in [2.75, 3.05) is 14.2 Å². The van der Waals surface area contributed by atoms with Crippen molar-refractivity contribution < 1.29 is 23.9 Å². The first-order valence-electron chi connectivity index (χ1n) is 6.73. The molecule has 0 aliphatic rings. The number of hydrogen-bond donors (Lipinski definition) is 2. The molecule has 3 aromatic rings. The van der Waals surface area contributed by atoms with Gasteiger partial charge in [0.15, 0.2) is 5.58 Å². The number of methoxy groups -OCH3 is 2. The quantitative estimate of drug-likeness (QED) is 0.568. The van der Waals surface area contributed by atoms with E-state index < -0.39 is 5.91 Å². The molecule has 1 amide bonds. The highest BCUT2D eigenvalue weighted by Gasteiger charge is 2.15. The molecule has 2 N–H and O–H groups in total. The molecule has 7 nitrogen and oxygen atoms in total. The van der Waals surface area contributed by atoms with Gasteiger partial charge in [-0.05, 0) is 36.4 Å². The summed E-state index contributed by atoms with van der Waals surface area (Å²) in [6.45, 7) is 0. The average Bonchev–Trinajstić information content (AvgIpc) is 3.03. The van der Waals surface area contributed by atoms with Crippen molar-refractivity contribution in [2.24, 2.45) is 0 Å². The van der Waals surface area contributed by atoms with Crippen molar-refractivity contribution in [1.82, 2.24) is 10.5 Å². The molecule has 2 aromatic carbocycles. The number of oxazole rings is 1. The Morgan fingerprint density at radius 3 is 2.70 bits per heavy atom. The van der Waals surface area contributed by atoms with Crippen LogP contribution in [0.1, 0.15) is 10.4 Å². The molecule has 0 saturated heterocycles. The van der Waals surface area contributed by atoms with Crippen LogP contribution in [0.3, 0.4) is 0 Å². The first-order chi connectivity index (χ1) is 11.2. The Balaban J connectivity index is 2.12. The molecule has 3 rings (SSSR count). The van der Waals surface area contributed by atoms with E-state index in [2.05, 4.69) is 4.98 Å². The van der Waals surface area contributed by atoms with Gasteiger partial charge in [0.05, 0.1) is 19.8 Å². The first kappa shape index (κ1) is 14.9. The number of hydroxylamine groups is 1. The van der Waals surface area contributed by atoms with E-state index in [0.29, 0.717) is 34.1 Å². The molecule has 0 aliphatic carbocycles. The van der Waals surface area contributed by atoms with Crippen LogP contribution < -0.4 is 15.0 Å². The van der Waals surface area contributed by atoms with Gasteiger partial charge in [-0.15, -0.1) is 0 Å². The van der Waals surface area contributed by atoms with Crippen LogP contribution in [0, 0.1) is 0 Å². The molecule has 1 aromatic heterocycles. The Morgan fingerprint density at radius 1 is 1.17 bits per heavy atom. The molecule has 1 heterocycles. The maximum absolute atomic E-state index is 11.5. The molecule has 0 bridgehead atoms. The summed E-state index contributed by atoms with van der Waals surface area (Å²) in [5.74, 6) is 0.960. The third-order valence-corrected chi connectivity index (χ3v) is 3.39. The van der Waals surface area contributed by atoms with E-state index in [1.807, 2.05) is 0 Å². The van der Waals surface area contributed by atoms with Crippen LogP contribution in [0.5, 0.6) is 11.5 Å². The van der Waals surface area contributed by atoms with E-state index in [1.165, 1.54) is 12.1 Å². The average molecular weight is 314 g/mol. The number of aromatic nitrogens is 1. The third kappa shape index (κ3) is 2.69. The number of carbonyl (C=O) groups is 1. The Hall–Kier alpha value is -3.06. The van der Waals surface area contributed by atoms with Crippen LogP contribution in [0.2, 0.25) is 0 Å². The molecule has 118 valence electrons. The molecule has 0 radical (unpaired) electrons. The van der Waals surface area contributed by atoms with Crippen molar-refractivity contribution in [3.63, 3.8) is 0 Å². The van der Waals surface area contributed by atoms with Gasteiger partial charge < -0.3 is 13.9 Å². The maximum Gasteiger partial charge on any atom is 0.274 e. The fraction of sp³-hybridized carbons (Fsp3) is 0.125. The second-order valence-corrected chi connectivity index (χ2v) is 4.71. The summed E-state index contributed by atoms with van der Waals surface area (Å²) in [5, 5.41) is 8.70. The Kier molecular flexibility index (Phi) is 3.86. The van der Waals surface area contributed by atoms with Gasteiger partial charge in [-0.1, -0.05) is 0 Å². The number of nitrogens with zero attached hydrogens (tertiary/aromatic N) is 1. The number of ether oxygens (including phenoxy) is 2. The van der Waals surface area contributed by atoms with E-state index in [0.717, 1.165) is 0 Å². The molecule has 7 heteroatoms. The monoisotopic (exact) mass is 314 g/mol. The highest BCUT2D eigenvalue weighted by molar-refractivity contribution is 5.96. The summed E-state index contributed by atoms with van der Waals surface area (Å²) >= 11 is 0. The summed E-state index contributed by atoms with van der Waals surface area (Å²) in [6.07, 6.45) is 0. The van der Waals surface area contributed by atoms with Crippen molar-refractivity contribution >= 4 is 17.0 Å².